The number of hydrogen-bond donors (Lipinski definition) is 2. The second-order valence-electron chi connectivity index (χ2n) is 3.30. The number of nitrogens with two attached hydrogens (primary N) is 1. The van der Waals surface area contributed by atoms with E-state index in [0.717, 1.165) is 5.56 Å². The number of hydrogen-bond acceptors (Lipinski definition) is 3. The van der Waals surface area contributed by atoms with Crippen LogP contribution in [0.25, 0.3) is 0 Å². The van der Waals surface area contributed by atoms with Gasteiger partial charge in [-0.2, -0.15) is 0 Å². The largest absolute Gasteiger partial charge is 0.472 e. The molecule has 1 unspecified atom stereocenters. The summed E-state index contributed by atoms with van der Waals surface area (Å²) in [6, 6.07) is 1.74. The normalized spacial score (nSPS) is 16.4. The van der Waals surface area contributed by atoms with Gasteiger partial charge in [-0.1, -0.05) is 13.8 Å². The van der Waals surface area contributed by atoms with Gasteiger partial charge in [0.25, 0.3) is 0 Å². The minimum absolute atomic E-state index is 0.0834. The molecule has 0 saturated carbocycles. The van der Waals surface area contributed by atoms with E-state index < -0.39 is 5.60 Å². The molecule has 0 aliphatic rings. The second-order valence-corrected chi connectivity index (χ2v) is 3.30. The Labute approximate surface area is 72.2 Å². The molecule has 3 N–H and O–H groups in total. The van der Waals surface area contributed by atoms with Gasteiger partial charge in [-0.3, -0.25) is 0 Å². The predicted molar refractivity (Wildman–Crippen MR) is 46.5 cm³/mol. The number of aliphatic hydroxyl groups is 1. The number of furan rings is 1. The highest BCUT2D eigenvalue weighted by Gasteiger charge is 2.32. The topological polar surface area (TPSA) is 59.4 Å². The van der Waals surface area contributed by atoms with Crippen LogP contribution in [0.15, 0.2) is 23.0 Å². The first-order valence-electron chi connectivity index (χ1n) is 4.06. The molecule has 0 saturated heterocycles. The van der Waals surface area contributed by atoms with E-state index >= 15 is 0 Å². The van der Waals surface area contributed by atoms with Gasteiger partial charge in [-0.05, 0) is 12.0 Å². The van der Waals surface area contributed by atoms with Crippen LogP contribution in [0.2, 0.25) is 0 Å². The van der Waals surface area contributed by atoms with Gasteiger partial charge >= 0.3 is 0 Å². The third-order valence-corrected chi connectivity index (χ3v) is 2.29. The molecule has 1 atom stereocenters. The summed E-state index contributed by atoms with van der Waals surface area (Å²) in [6.45, 7) is 4.07. The highest BCUT2D eigenvalue weighted by molar-refractivity contribution is 5.17. The van der Waals surface area contributed by atoms with Crippen molar-refractivity contribution in [2.24, 2.45) is 11.7 Å². The summed E-state index contributed by atoms with van der Waals surface area (Å²) in [7, 11) is 0. The van der Waals surface area contributed by atoms with E-state index in [9.17, 15) is 5.11 Å². The average Bonchev–Trinajstić information content (AvgIpc) is 2.54. The summed E-state index contributed by atoms with van der Waals surface area (Å²) in [5.41, 5.74) is 5.31. The molecular formula is C9H15NO2. The van der Waals surface area contributed by atoms with E-state index in [0.29, 0.717) is 0 Å². The highest BCUT2D eigenvalue weighted by atomic mass is 16.3. The van der Waals surface area contributed by atoms with Crippen molar-refractivity contribution in [2.75, 3.05) is 6.54 Å². The van der Waals surface area contributed by atoms with Gasteiger partial charge < -0.3 is 15.3 Å². The predicted octanol–water partition coefficient (Wildman–Crippen LogP) is 1.08. The summed E-state index contributed by atoms with van der Waals surface area (Å²) >= 11 is 0. The number of rotatable bonds is 3. The van der Waals surface area contributed by atoms with E-state index in [-0.39, 0.29) is 12.5 Å². The van der Waals surface area contributed by atoms with Crippen LogP contribution >= 0.6 is 0 Å². The maximum absolute atomic E-state index is 10.1. The van der Waals surface area contributed by atoms with Crippen LogP contribution in [-0.2, 0) is 5.60 Å². The van der Waals surface area contributed by atoms with E-state index in [2.05, 4.69) is 0 Å². The maximum atomic E-state index is 10.1. The lowest BCUT2D eigenvalue weighted by Crippen LogP contribution is -2.39. The summed E-state index contributed by atoms with van der Waals surface area (Å²) in [4.78, 5) is 0. The molecule has 1 heterocycles. The first kappa shape index (κ1) is 9.29. The molecule has 3 nitrogen and oxygen atoms in total. The molecule has 12 heavy (non-hydrogen) atoms. The Bertz CT molecular complexity index is 231. The lowest BCUT2D eigenvalue weighted by atomic mass is 9.85. The smallest absolute Gasteiger partial charge is 0.107 e. The minimum atomic E-state index is -0.951. The third kappa shape index (κ3) is 1.38. The van der Waals surface area contributed by atoms with Gasteiger partial charge in [-0.15, -0.1) is 0 Å². The quantitative estimate of drug-likeness (QED) is 0.711. The lowest BCUT2D eigenvalue weighted by molar-refractivity contribution is -0.00163. The van der Waals surface area contributed by atoms with Crippen molar-refractivity contribution in [3.05, 3.63) is 24.2 Å². The van der Waals surface area contributed by atoms with Crippen LogP contribution in [0.4, 0.5) is 0 Å². The van der Waals surface area contributed by atoms with Gasteiger partial charge in [0, 0.05) is 12.1 Å². The first-order chi connectivity index (χ1) is 5.61. The molecular weight excluding hydrogens is 154 g/mol. The fraction of sp³-hybridized carbons (Fsp3) is 0.556. The van der Waals surface area contributed by atoms with Crippen LogP contribution < -0.4 is 5.73 Å². The molecule has 0 spiro atoms. The Hall–Kier alpha value is -0.800. The second kappa shape index (κ2) is 3.29. The van der Waals surface area contributed by atoms with E-state index in [1.54, 1.807) is 12.3 Å². The molecule has 3 heteroatoms. The van der Waals surface area contributed by atoms with E-state index in [4.69, 9.17) is 10.2 Å². The zero-order valence-corrected chi connectivity index (χ0v) is 7.45. The fourth-order valence-electron chi connectivity index (χ4n) is 1.20. The molecule has 0 aliphatic carbocycles. The first-order valence-corrected chi connectivity index (χ1v) is 4.06. The van der Waals surface area contributed by atoms with Gasteiger partial charge in [0.1, 0.15) is 5.60 Å². The average molecular weight is 169 g/mol. The third-order valence-electron chi connectivity index (χ3n) is 2.29. The Morgan fingerprint density at radius 3 is 2.67 bits per heavy atom. The summed E-state index contributed by atoms with van der Waals surface area (Å²) in [6.07, 6.45) is 3.07. The van der Waals surface area contributed by atoms with Crippen LogP contribution in [-0.4, -0.2) is 11.7 Å². The zero-order chi connectivity index (χ0) is 9.19. The Kier molecular flexibility index (Phi) is 2.55. The lowest BCUT2D eigenvalue weighted by Gasteiger charge is -2.29. The zero-order valence-electron chi connectivity index (χ0n) is 7.45. The molecule has 0 bridgehead atoms. The van der Waals surface area contributed by atoms with Crippen molar-refractivity contribution in [1.29, 1.82) is 0 Å². The molecule has 0 radical (unpaired) electrons. The van der Waals surface area contributed by atoms with Gasteiger partial charge in [0.15, 0.2) is 0 Å². The Morgan fingerprint density at radius 2 is 2.33 bits per heavy atom. The molecule has 0 aliphatic heterocycles. The van der Waals surface area contributed by atoms with Crippen LogP contribution in [0, 0.1) is 5.92 Å². The van der Waals surface area contributed by atoms with Gasteiger partial charge in [0.05, 0.1) is 12.5 Å². The molecule has 0 amide bonds. The maximum Gasteiger partial charge on any atom is 0.107 e. The molecule has 1 aromatic rings. The molecule has 1 rings (SSSR count). The fourth-order valence-corrected chi connectivity index (χ4v) is 1.20. The SMILES string of the molecule is CC(C)C(O)(CN)c1ccoc1. The summed E-state index contributed by atoms with van der Waals surface area (Å²) < 4.78 is 4.90. The molecule has 1 aromatic heterocycles. The van der Waals surface area contributed by atoms with Crippen molar-refractivity contribution in [1.82, 2.24) is 0 Å². The summed E-state index contributed by atoms with van der Waals surface area (Å²) in [5.74, 6) is 0.0834. The highest BCUT2D eigenvalue weighted by Crippen LogP contribution is 2.28. The van der Waals surface area contributed by atoms with Crippen molar-refractivity contribution >= 4 is 0 Å². The standard InChI is InChI=1S/C9H15NO2/c1-7(2)9(11,6-10)8-3-4-12-5-8/h3-5,7,11H,6,10H2,1-2H3. The summed E-state index contributed by atoms with van der Waals surface area (Å²) in [5, 5.41) is 10.1. The Balaban J connectivity index is 2.96. The molecule has 0 aromatic carbocycles. The Morgan fingerprint density at radius 1 is 1.67 bits per heavy atom. The van der Waals surface area contributed by atoms with Gasteiger partial charge in [0.2, 0.25) is 0 Å². The van der Waals surface area contributed by atoms with Gasteiger partial charge in [-0.25, -0.2) is 0 Å². The van der Waals surface area contributed by atoms with Crippen LogP contribution in [0.5, 0.6) is 0 Å². The van der Waals surface area contributed by atoms with Crippen molar-refractivity contribution < 1.29 is 9.52 Å². The minimum Gasteiger partial charge on any atom is -0.472 e. The van der Waals surface area contributed by atoms with E-state index in [1.807, 2.05) is 13.8 Å². The van der Waals surface area contributed by atoms with Crippen LogP contribution in [0.1, 0.15) is 19.4 Å². The van der Waals surface area contributed by atoms with Crippen molar-refractivity contribution in [2.45, 2.75) is 19.4 Å². The van der Waals surface area contributed by atoms with Crippen LogP contribution in [0.3, 0.4) is 0 Å². The monoisotopic (exact) mass is 169 g/mol. The van der Waals surface area contributed by atoms with E-state index in [1.165, 1.54) is 6.26 Å². The molecule has 0 fully saturated rings. The molecule has 68 valence electrons. The van der Waals surface area contributed by atoms with Crippen molar-refractivity contribution in [3.63, 3.8) is 0 Å². The van der Waals surface area contributed by atoms with Crippen molar-refractivity contribution in [3.8, 4) is 0 Å².